The summed E-state index contributed by atoms with van der Waals surface area (Å²) in [7, 11) is 0. The van der Waals surface area contributed by atoms with E-state index in [-0.39, 0.29) is 24.0 Å². The number of aliphatic hydroxyl groups excluding tert-OH is 1. The molecule has 1 aliphatic rings. The summed E-state index contributed by atoms with van der Waals surface area (Å²) in [4.78, 5) is 32.1. The second-order valence-electron chi connectivity index (χ2n) is 9.03. The minimum absolute atomic E-state index is 0.0111. The van der Waals surface area contributed by atoms with Crippen LogP contribution in [-0.2, 0) is 22.6 Å². The van der Waals surface area contributed by atoms with Gasteiger partial charge in [-0.05, 0) is 73.7 Å². The summed E-state index contributed by atoms with van der Waals surface area (Å²) in [6, 6.07) is 16.0. The highest BCUT2D eigenvalue weighted by molar-refractivity contribution is 6.46. The number of carbonyl (C=O) groups is 2. The van der Waals surface area contributed by atoms with Crippen LogP contribution in [0.15, 0.2) is 72.6 Å². The number of rotatable bonds is 7. The fourth-order valence-electron chi connectivity index (χ4n) is 4.35. The summed E-state index contributed by atoms with van der Waals surface area (Å²) in [5.41, 5.74) is 4.10. The predicted molar refractivity (Wildman–Crippen MR) is 135 cm³/mol. The SMILES string of the molecule is CCc1ccc([C@@H]2C(=C(O)c3ccc(OC(C)C)c(C)c3)C(=O)C(=O)N2Cc2cccnc2)cc1. The van der Waals surface area contributed by atoms with Crippen LogP contribution in [0.25, 0.3) is 5.76 Å². The van der Waals surface area contributed by atoms with Gasteiger partial charge in [0.15, 0.2) is 0 Å². The van der Waals surface area contributed by atoms with Crippen LogP contribution in [0.4, 0.5) is 0 Å². The number of aromatic nitrogens is 1. The molecule has 6 heteroatoms. The van der Waals surface area contributed by atoms with Crippen LogP contribution in [-0.4, -0.2) is 32.8 Å². The van der Waals surface area contributed by atoms with E-state index >= 15 is 0 Å². The zero-order chi connectivity index (χ0) is 25.1. The Morgan fingerprint density at radius 1 is 1.09 bits per heavy atom. The van der Waals surface area contributed by atoms with Crippen molar-refractivity contribution in [1.29, 1.82) is 0 Å². The standard InChI is InChI=1S/C29H30N2O4/c1-5-20-8-10-22(11-9-20)26-25(27(32)23-12-13-24(19(4)15-23)35-18(2)3)28(33)29(34)31(26)17-21-7-6-14-30-16-21/h6-16,18,26,32H,5,17H2,1-4H3/t26-/m1/s1. The number of hydrogen-bond donors (Lipinski definition) is 1. The number of carbonyl (C=O) groups excluding carboxylic acids is 2. The van der Waals surface area contributed by atoms with E-state index in [9.17, 15) is 14.7 Å². The Kier molecular flexibility index (Phi) is 7.01. The van der Waals surface area contributed by atoms with Crippen LogP contribution in [0.1, 0.15) is 54.6 Å². The third-order valence-electron chi connectivity index (χ3n) is 6.13. The van der Waals surface area contributed by atoms with Crippen molar-refractivity contribution in [2.75, 3.05) is 0 Å². The molecule has 2 aromatic carbocycles. The van der Waals surface area contributed by atoms with E-state index in [2.05, 4.69) is 11.9 Å². The number of hydrogen-bond acceptors (Lipinski definition) is 5. The first-order valence-corrected chi connectivity index (χ1v) is 11.8. The fraction of sp³-hybridized carbons (Fsp3) is 0.276. The van der Waals surface area contributed by atoms with Gasteiger partial charge < -0.3 is 14.7 Å². The first-order valence-electron chi connectivity index (χ1n) is 11.8. The third-order valence-corrected chi connectivity index (χ3v) is 6.13. The number of Topliss-reactive ketones (excluding diaryl/α,β-unsaturated/α-hetero) is 1. The smallest absolute Gasteiger partial charge is 0.295 e. The van der Waals surface area contributed by atoms with Crippen LogP contribution < -0.4 is 4.74 Å². The number of aryl methyl sites for hydroxylation is 2. The molecule has 1 saturated heterocycles. The van der Waals surface area contributed by atoms with Crippen LogP contribution >= 0.6 is 0 Å². The first kappa shape index (κ1) is 24.2. The van der Waals surface area contributed by atoms with Crippen LogP contribution in [0, 0.1) is 6.92 Å². The molecule has 0 unspecified atom stereocenters. The van der Waals surface area contributed by atoms with Gasteiger partial charge in [0.25, 0.3) is 11.7 Å². The molecule has 35 heavy (non-hydrogen) atoms. The molecule has 1 aromatic heterocycles. The fourth-order valence-corrected chi connectivity index (χ4v) is 4.35. The van der Waals surface area contributed by atoms with E-state index in [4.69, 9.17) is 4.74 Å². The number of ketones is 1. The van der Waals surface area contributed by atoms with E-state index in [1.165, 1.54) is 4.90 Å². The molecule has 180 valence electrons. The lowest BCUT2D eigenvalue weighted by Crippen LogP contribution is -2.29. The molecular weight excluding hydrogens is 440 g/mol. The molecule has 6 nitrogen and oxygen atoms in total. The quantitative estimate of drug-likeness (QED) is 0.286. The van der Waals surface area contributed by atoms with Crippen molar-refractivity contribution in [2.45, 2.75) is 52.8 Å². The summed E-state index contributed by atoms with van der Waals surface area (Å²) in [5.74, 6) is -0.825. The number of ether oxygens (including phenoxy) is 1. The van der Waals surface area contributed by atoms with E-state index < -0.39 is 17.7 Å². The molecule has 2 heterocycles. The highest BCUT2D eigenvalue weighted by Crippen LogP contribution is 2.40. The van der Waals surface area contributed by atoms with Crippen molar-refractivity contribution in [3.05, 3.63) is 100 Å². The van der Waals surface area contributed by atoms with Crippen LogP contribution in [0.2, 0.25) is 0 Å². The third kappa shape index (κ3) is 4.97. The number of nitrogens with zero attached hydrogens (tertiary/aromatic N) is 2. The number of aliphatic hydroxyl groups is 1. The largest absolute Gasteiger partial charge is 0.507 e. The van der Waals surface area contributed by atoms with Crippen LogP contribution in [0.3, 0.4) is 0 Å². The minimum Gasteiger partial charge on any atom is -0.507 e. The molecule has 1 N–H and O–H groups in total. The van der Waals surface area contributed by atoms with Crippen molar-refractivity contribution in [3.63, 3.8) is 0 Å². The van der Waals surface area contributed by atoms with Gasteiger partial charge in [-0.15, -0.1) is 0 Å². The lowest BCUT2D eigenvalue weighted by Gasteiger charge is -2.25. The van der Waals surface area contributed by atoms with Gasteiger partial charge in [0.05, 0.1) is 17.7 Å². The maximum absolute atomic E-state index is 13.3. The second-order valence-corrected chi connectivity index (χ2v) is 9.03. The van der Waals surface area contributed by atoms with Crippen molar-refractivity contribution < 1.29 is 19.4 Å². The molecular formula is C29H30N2O4. The average Bonchev–Trinajstić information content (AvgIpc) is 3.10. The normalized spacial score (nSPS) is 17.3. The van der Waals surface area contributed by atoms with Gasteiger partial charge >= 0.3 is 0 Å². The summed E-state index contributed by atoms with van der Waals surface area (Å²) in [6.45, 7) is 8.05. The lowest BCUT2D eigenvalue weighted by atomic mass is 9.94. The van der Waals surface area contributed by atoms with Crippen LogP contribution in [0.5, 0.6) is 5.75 Å². The van der Waals surface area contributed by atoms with E-state index in [0.29, 0.717) is 11.3 Å². The Balaban J connectivity index is 1.82. The Bertz CT molecular complexity index is 1260. The maximum atomic E-state index is 13.3. The van der Waals surface area contributed by atoms with E-state index in [0.717, 1.165) is 28.7 Å². The Hall–Kier alpha value is -3.93. The Morgan fingerprint density at radius 3 is 2.43 bits per heavy atom. The minimum atomic E-state index is -0.715. The zero-order valence-electron chi connectivity index (χ0n) is 20.5. The lowest BCUT2D eigenvalue weighted by molar-refractivity contribution is -0.140. The summed E-state index contributed by atoms with van der Waals surface area (Å²) in [6.07, 6.45) is 4.22. The molecule has 0 saturated carbocycles. The number of likely N-dealkylation sites (tertiary alicyclic amines) is 1. The van der Waals surface area contributed by atoms with E-state index in [1.807, 2.05) is 51.1 Å². The molecule has 1 atom stereocenters. The number of benzene rings is 2. The molecule has 1 aliphatic heterocycles. The monoisotopic (exact) mass is 470 g/mol. The van der Waals surface area contributed by atoms with Gasteiger partial charge in [0, 0.05) is 24.5 Å². The molecule has 1 amide bonds. The Morgan fingerprint density at radius 2 is 1.83 bits per heavy atom. The molecule has 4 rings (SSSR count). The summed E-state index contributed by atoms with van der Waals surface area (Å²) < 4.78 is 5.81. The molecule has 3 aromatic rings. The van der Waals surface area contributed by atoms with Gasteiger partial charge in [-0.3, -0.25) is 14.6 Å². The Labute approximate surface area is 205 Å². The topological polar surface area (TPSA) is 79.7 Å². The highest BCUT2D eigenvalue weighted by Gasteiger charge is 2.46. The number of amides is 1. The van der Waals surface area contributed by atoms with Crippen molar-refractivity contribution in [1.82, 2.24) is 9.88 Å². The molecule has 0 aliphatic carbocycles. The second kappa shape index (κ2) is 10.1. The average molecular weight is 471 g/mol. The number of pyridine rings is 1. The molecule has 0 radical (unpaired) electrons. The van der Waals surface area contributed by atoms with Gasteiger partial charge in [-0.25, -0.2) is 0 Å². The predicted octanol–water partition coefficient (Wildman–Crippen LogP) is 5.36. The van der Waals surface area contributed by atoms with Gasteiger partial charge in [-0.2, -0.15) is 0 Å². The van der Waals surface area contributed by atoms with Gasteiger partial charge in [0.2, 0.25) is 0 Å². The molecule has 0 spiro atoms. The summed E-state index contributed by atoms with van der Waals surface area (Å²) in [5, 5.41) is 11.3. The van der Waals surface area contributed by atoms with Crippen molar-refractivity contribution in [3.8, 4) is 5.75 Å². The van der Waals surface area contributed by atoms with Gasteiger partial charge in [-0.1, -0.05) is 37.3 Å². The van der Waals surface area contributed by atoms with Crippen molar-refractivity contribution in [2.24, 2.45) is 0 Å². The highest BCUT2D eigenvalue weighted by atomic mass is 16.5. The molecule has 1 fully saturated rings. The van der Waals surface area contributed by atoms with E-state index in [1.54, 1.807) is 36.7 Å². The zero-order valence-corrected chi connectivity index (χ0v) is 20.5. The van der Waals surface area contributed by atoms with Crippen molar-refractivity contribution >= 4 is 17.4 Å². The first-order chi connectivity index (χ1) is 16.8. The van der Waals surface area contributed by atoms with Gasteiger partial charge in [0.1, 0.15) is 11.5 Å². The summed E-state index contributed by atoms with van der Waals surface area (Å²) >= 11 is 0. The maximum Gasteiger partial charge on any atom is 0.295 e. The molecule has 0 bridgehead atoms.